The van der Waals surface area contributed by atoms with Gasteiger partial charge in [0, 0.05) is 16.9 Å². The molecule has 69 heavy (non-hydrogen) atoms. The molecular weight excluding hydrogens is 838 g/mol. The molecule has 0 aromatic heterocycles. The first kappa shape index (κ1) is 42.5. The second kappa shape index (κ2) is 15.9. The van der Waals surface area contributed by atoms with E-state index in [4.69, 9.17) is 0 Å². The van der Waals surface area contributed by atoms with E-state index in [1.165, 1.54) is 55.6 Å². The number of benzene rings is 10. The third-order valence-corrected chi connectivity index (χ3v) is 14.9. The summed E-state index contributed by atoms with van der Waals surface area (Å²) in [6.45, 7) is 14.0. The minimum Gasteiger partial charge on any atom is -0.310 e. The van der Waals surface area contributed by atoms with Crippen LogP contribution in [0.15, 0.2) is 218 Å². The molecule has 10 aromatic carbocycles. The summed E-state index contributed by atoms with van der Waals surface area (Å²) in [5.41, 5.74) is 22.5. The van der Waals surface area contributed by atoms with Crippen molar-refractivity contribution in [2.75, 3.05) is 4.90 Å². The van der Waals surface area contributed by atoms with Gasteiger partial charge in [-0.15, -0.1) is 0 Å². The Kier molecular flexibility index (Phi) is 9.80. The van der Waals surface area contributed by atoms with Gasteiger partial charge in [0.2, 0.25) is 0 Å². The van der Waals surface area contributed by atoms with Gasteiger partial charge in [-0.2, -0.15) is 0 Å². The molecule has 0 saturated heterocycles. The van der Waals surface area contributed by atoms with Gasteiger partial charge in [0.25, 0.3) is 0 Å². The number of hydrogen-bond acceptors (Lipinski definition) is 1. The first-order valence-corrected chi connectivity index (χ1v) is 24.3. The molecule has 1 nitrogen and oxygen atoms in total. The Bertz CT molecular complexity index is 3550. The van der Waals surface area contributed by atoms with Crippen molar-refractivity contribution in [3.8, 4) is 55.6 Å². The Labute approximate surface area is 406 Å². The van der Waals surface area contributed by atoms with Crippen molar-refractivity contribution in [1.82, 2.24) is 0 Å². The van der Waals surface area contributed by atoms with Crippen LogP contribution in [0.5, 0.6) is 0 Å². The number of para-hydroxylation sites is 1. The molecule has 10 aromatic rings. The molecule has 0 aliphatic heterocycles. The third kappa shape index (κ3) is 6.79. The molecule has 12 rings (SSSR count). The van der Waals surface area contributed by atoms with Crippen LogP contribution in [0.2, 0.25) is 0 Å². The fourth-order valence-corrected chi connectivity index (χ4v) is 11.4. The first-order valence-electron chi connectivity index (χ1n) is 24.3. The smallest absolute Gasteiger partial charge is 0.123 e. The summed E-state index contributed by atoms with van der Waals surface area (Å²) >= 11 is 0. The predicted molar refractivity (Wildman–Crippen MR) is 289 cm³/mol. The van der Waals surface area contributed by atoms with Gasteiger partial charge in [-0.1, -0.05) is 217 Å². The molecule has 0 bridgehead atoms. The van der Waals surface area contributed by atoms with Crippen LogP contribution < -0.4 is 4.90 Å². The van der Waals surface area contributed by atoms with Crippen molar-refractivity contribution in [2.24, 2.45) is 0 Å². The molecule has 0 unspecified atom stereocenters. The van der Waals surface area contributed by atoms with E-state index >= 15 is 0 Å². The average Bonchev–Trinajstić information content (AvgIpc) is 3.83. The van der Waals surface area contributed by atoms with Crippen molar-refractivity contribution < 1.29 is 4.39 Å². The highest BCUT2D eigenvalue weighted by Crippen LogP contribution is 2.64. The van der Waals surface area contributed by atoms with E-state index in [9.17, 15) is 4.39 Å². The molecule has 0 heterocycles. The molecule has 0 fully saturated rings. The van der Waals surface area contributed by atoms with Crippen LogP contribution in [0.1, 0.15) is 74.9 Å². The van der Waals surface area contributed by atoms with Crippen molar-refractivity contribution in [3.63, 3.8) is 0 Å². The van der Waals surface area contributed by atoms with E-state index in [1.807, 2.05) is 12.1 Å². The summed E-state index contributed by atoms with van der Waals surface area (Å²) in [7, 11) is 0. The van der Waals surface area contributed by atoms with Gasteiger partial charge in [-0.05, 0) is 148 Å². The highest BCUT2D eigenvalue weighted by Gasteiger charge is 2.52. The summed E-state index contributed by atoms with van der Waals surface area (Å²) in [5, 5.41) is 2.29. The van der Waals surface area contributed by atoms with Crippen molar-refractivity contribution in [1.29, 1.82) is 0 Å². The fraction of sp³-hybridized carbons (Fsp3) is 0.134. The Hall–Kier alpha value is -7.81. The number of nitrogens with zero attached hydrogens (tertiary/aromatic N) is 1. The van der Waals surface area contributed by atoms with Gasteiger partial charge in [0.15, 0.2) is 0 Å². The number of hydrogen-bond donors (Lipinski definition) is 0. The van der Waals surface area contributed by atoms with E-state index in [0.29, 0.717) is 0 Å². The number of fused-ring (bicyclic) bond motifs is 11. The maximum Gasteiger partial charge on any atom is 0.123 e. The van der Waals surface area contributed by atoms with Gasteiger partial charge in [-0.3, -0.25) is 0 Å². The molecular formula is C67H54FN. The van der Waals surface area contributed by atoms with Crippen molar-refractivity contribution >= 4 is 27.8 Å². The summed E-state index contributed by atoms with van der Waals surface area (Å²) in [6.07, 6.45) is 0. The van der Waals surface area contributed by atoms with E-state index in [-0.39, 0.29) is 16.6 Å². The Morgan fingerprint density at radius 3 is 1.39 bits per heavy atom. The van der Waals surface area contributed by atoms with Gasteiger partial charge >= 0.3 is 0 Å². The second-order valence-electron chi connectivity index (χ2n) is 21.0. The molecule has 334 valence electrons. The topological polar surface area (TPSA) is 3.24 Å². The van der Waals surface area contributed by atoms with Crippen molar-refractivity contribution in [2.45, 2.75) is 57.8 Å². The van der Waals surface area contributed by atoms with Gasteiger partial charge in [0.1, 0.15) is 5.82 Å². The Morgan fingerprint density at radius 2 is 0.797 bits per heavy atom. The maximum absolute atomic E-state index is 14.2. The number of rotatable bonds is 6. The first-order chi connectivity index (χ1) is 33.4. The molecule has 0 amide bonds. The zero-order chi connectivity index (χ0) is 47.2. The lowest BCUT2D eigenvalue weighted by molar-refractivity contribution is 0.586. The van der Waals surface area contributed by atoms with E-state index in [1.54, 1.807) is 12.1 Å². The largest absolute Gasteiger partial charge is 0.310 e. The van der Waals surface area contributed by atoms with Crippen LogP contribution in [-0.2, 0) is 16.2 Å². The quantitative estimate of drug-likeness (QED) is 0.161. The van der Waals surface area contributed by atoms with Gasteiger partial charge < -0.3 is 4.90 Å². The minimum absolute atomic E-state index is 0.0387. The molecule has 1 spiro atoms. The highest BCUT2D eigenvalue weighted by atomic mass is 19.1. The molecule has 0 atom stereocenters. The normalized spacial score (nSPS) is 13.3. The van der Waals surface area contributed by atoms with Crippen molar-refractivity contribution in [3.05, 3.63) is 258 Å². The van der Waals surface area contributed by atoms with E-state index in [2.05, 4.69) is 241 Å². The standard InChI is InChI=1S/C67H54FN/c1-65(2,3)47-30-37-56-57-38-31-48(66(4,5)6)41-61(57)67(60(56)40-47)59-24-12-10-21-55(59)58-39-36-51(42-62(58)67)69(63-25-13-11-20-52(63)43-16-8-7-9-17-43)50-34-28-45(29-35-50)54-23-15-19-46-18-14-22-53(64(46)54)44-26-32-49(68)33-27-44/h7-42H,1-6H3. The van der Waals surface area contributed by atoms with Crippen LogP contribution in [0, 0.1) is 5.82 Å². The van der Waals surface area contributed by atoms with Crippen LogP contribution in [0.25, 0.3) is 66.4 Å². The van der Waals surface area contributed by atoms with Gasteiger partial charge in [-0.25, -0.2) is 4.39 Å². The summed E-state index contributed by atoms with van der Waals surface area (Å²) < 4.78 is 14.2. The zero-order valence-corrected chi connectivity index (χ0v) is 40.1. The van der Waals surface area contributed by atoms with Crippen LogP contribution >= 0.6 is 0 Å². The van der Waals surface area contributed by atoms with Crippen LogP contribution in [0.3, 0.4) is 0 Å². The average molecular weight is 892 g/mol. The molecule has 0 N–H and O–H groups in total. The number of halogens is 1. The SMILES string of the molecule is CC(C)(C)c1ccc2c(c1)C1(c3ccccc3-c3ccc(N(c4ccc(-c5cccc6cccc(-c7ccc(F)cc7)c56)cc4)c4ccccc4-c4ccccc4)cc31)c1cc(C(C)(C)C)ccc1-2. The minimum atomic E-state index is -0.541. The molecule has 0 radical (unpaired) electrons. The highest BCUT2D eigenvalue weighted by molar-refractivity contribution is 6.07. The second-order valence-corrected chi connectivity index (χ2v) is 21.0. The van der Waals surface area contributed by atoms with E-state index in [0.717, 1.165) is 61.2 Å². The van der Waals surface area contributed by atoms with Gasteiger partial charge in [0.05, 0.1) is 11.1 Å². The summed E-state index contributed by atoms with van der Waals surface area (Å²) in [5.74, 6) is -0.238. The molecule has 2 aliphatic carbocycles. The predicted octanol–water partition coefficient (Wildman–Crippen LogP) is 18.4. The Balaban J connectivity index is 1.10. The molecule has 2 aliphatic rings. The van der Waals surface area contributed by atoms with Crippen LogP contribution in [-0.4, -0.2) is 0 Å². The zero-order valence-electron chi connectivity index (χ0n) is 40.1. The monoisotopic (exact) mass is 891 g/mol. The lowest BCUT2D eigenvalue weighted by Gasteiger charge is -2.34. The third-order valence-electron chi connectivity index (χ3n) is 14.9. The number of anilines is 3. The Morgan fingerprint density at radius 1 is 0.348 bits per heavy atom. The lowest BCUT2D eigenvalue weighted by atomic mass is 9.68. The van der Waals surface area contributed by atoms with E-state index < -0.39 is 5.41 Å². The van der Waals surface area contributed by atoms with Crippen LogP contribution in [0.4, 0.5) is 21.5 Å². The lowest BCUT2D eigenvalue weighted by Crippen LogP contribution is -2.27. The molecule has 2 heteroatoms. The molecule has 0 saturated carbocycles. The summed E-state index contributed by atoms with van der Waals surface area (Å²) in [4.78, 5) is 2.46. The maximum atomic E-state index is 14.2. The summed E-state index contributed by atoms with van der Waals surface area (Å²) in [6, 6.07) is 79.3. The fourth-order valence-electron chi connectivity index (χ4n) is 11.4.